The maximum absolute atomic E-state index is 14.7. The highest BCUT2D eigenvalue weighted by molar-refractivity contribution is 7.09. The number of fused-ring (bicyclic) bond motifs is 1. The van der Waals surface area contributed by atoms with E-state index in [0.717, 1.165) is 16.0 Å². The summed E-state index contributed by atoms with van der Waals surface area (Å²) in [4.78, 5) is 40.3. The lowest BCUT2D eigenvalue weighted by atomic mass is 9.92. The molecular weight excluding hydrogens is 540 g/mol. The molecule has 0 bridgehead atoms. The minimum Gasteiger partial charge on any atom is -0.481 e. The van der Waals surface area contributed by atoms with Gasteiger partial charge in [0.2, 0.25) is 0 Å². The fourth-order valence-corrected chi connectivity index (χ4v) is 5.43. The molecule has 2 aromatic carbocycles. The van der Waals surface area contributed by atoms with Gasteiger partial charge in [-0.3, -0.25) is 14.4 Å². The van der Waals surface area contributed by atoms with Crippen molar-refractivity contribution in [3.63, 3.8) is 0 Å². The maximum Gasteiger partial charge on any atom is 0.306 e. The summed E-state index contributed by atoms with van der Waals surface area (Å²) in [5.74, 6) is -2.55. The molecule has 3 heterocycles. The van der Waals surface area contributed by atoms with E-state index in [0.29, 0.717) is 26.7 Å². The van der Waals surface area contributed by atoms with E-state index in [1.807, 2.05) is 10.8 Å². The van der Waals surface area contributed by atoms with Gasteiger partial charge in [-0.05, 0) is 35.4 Å². The maximum atomic E-state index is 14.7. The average molecular weight is 558 g/mol. The molecular formula is C26H18Cl2FN3O4S. The van der Waals surface area contributed by atoms with Crippen LogP contribution in [0.25, 0.3) is 22.0 Å². The lowest BCUT2D eigenvalue weighted by molar-refractivity contribution is -0.146. The fraction of sp³-hybridized carbons (Fsp3) is 0.154. The number of aromatic nitrogens is 1. The van der Waals surface area contributed by atoms with Crippen LogP contribution >= 0.6 is 34.5 Å². The monoisotopic (exact) mass is 557 g/mol. The number of rotatable bonds is 6. The standard InChI is InChI=1S/C26H18Cl2FN3O4S/c27-15-5-1-13(2-6-15)21-10-19(31-32(21)26(36)18(29)9-22(33)34)24-23(14-3-7-16(28)8-4-14)17-11-37-12-20(17)30-25(24)35/h1-8,11-12,18,21H,9-10H2,(H,30,35)(H,33,34). The molecule has 11 heteroatoms. The molecule has 0 fully saturated rings. The number of carbonyl (C=O) groups is 2. The number of amides is 1. The highest BCUT2D eigenvalue weighted by Crippen LogP contribution is 2.38. The van der Waals surface area contributed by atoms with Crippen molar-refractivity contribution in [2.75, 3.05) is 0 Å². The first-order valence-electron chi connectivity index (χ1n) is 11.1. The Kier molecular flexibility index (Phi) is 6.85. The second-order valence-electron chi connectivity index (χ2n) is 8.48. The first-order valence-corrected chi connectivity index (χ1v) is 12.8. The molecule has 2 unspecified atom stereocenters. The van der Waals surface area contributed by atoms with Crippen LogP contribution in [0.5, 0.6) is 0 Å². The van der Waals surface area contributed by atoms with Crippen LogP contribution in [0, 0.1) is 0 Å². The molecule has 2 atom stereocenters. The van der Waals surface area contributed by atoms with Gasteiger partial charge in [-0.25, -0.2) is 9.40 Å². The number of alkyl halides is 1. The molecule has 7 nitrogen and oxygen atoms in total. The summed E-state index contributed by atoms with van der Waals surface area (Å²) < 4.78 is 14.7. The van der Waals surface area contributed by atoms with Crippen LogP contribution in [0.3, 0.4) is 0 Å². The van der Waals surface area contributed by atoms with Crippen molar-refractivity contribution in [3.8, 4) is 11.1 Å². The van der Waals surface area contributed by atoms with Crippen LogP contribution in [0.1, 0.15) is 30.0 Å². The summed E-state index contributed by atoms with van der Waals surface area (Å²) in [6.07, 6.45) is -3.19. The number of hydrogen-bond donors (Lipinski definition) is 2. The van der Waals surface area contributed by atoms with Gasteiger partial charge in [-0.2, -0.15) is 5.10 Å². The number of aliphatic carboxylic acids is 1. The number of carboxylic acid groups (broad SMARTS) is 1. The van der Waals surface area contributed by atoms with E-state index in [1.165, 1.54) is 11.3 Å². The number of halogens is 3. The van der Waals surface area contributed by atoms with Crippen molar-refractivity contribution in [1.82, 2.24) is 9.99 Å². The van der Waals surface area contributed by atoms with Gasteiger partial charge in [-0.15, -0.1) is 11.3 Å². The van der Waals surface area contributed by atoms with E-state index in [9.17, 15) is 18.8 Å². The van der Waals surface area contributed by atoms with E-state index in [4.69, 9.17) is 28.3 Å². The number of benzene rings is 2. The molecule has 2 N–H and O–H groups in total. The van der Waals surface area contributed by atoms with Gasteiger partial charge in [-0.1, -0.05) is 47.5 Å². The minimum absolute atomic E-state index is 0.104. The number of nitrogens with zero attached hydrogens (tertiary/aromatic N) is 2. The second kappa shape index (κ2) is 10.1. The predicted molar refractivity (Wildman–Crippen MR) is 142 cm³/mol. The number of hydrazone groups is 1. The Labute approximate surface area is 223 Å². The van der Waals surface area contributed by atoms with Crippen molar-refractivity contribution in [2.45, 2.75) is 25.1 Å². The Morgan fingerprint density at radius 2 is 1.73 bits per heavy atom. The number of aromatic amines is 1. The third-order valence-corrected chi connectivity index (χ3v) is 7.34. The van der Waals surface area contributed by atoms with Crippen molar-refractivity contribution < 1.29 is 19.1 Å². The van der Waals surface area contributed by atoms with E-state index >= 15 is 0 Å². The normalized spacial score (nSPS) is 16.1. The van der Waals surface area contributed by atoms with Crippen molar-refractivity contribution in [1.29, 1.82) is 0 Å². The van der Waals surface area contributed by atoms with E-state index < -0.39 is 36.1 Å². The first kappa shape index (κ1) is 25.1. The molecule has 0 radical (unpaired) electrons. The van der Waals surface area contributed by atoms with Crippen LogP contribution in [0.15, 0.2) is 69.2 Å². The number of nitrogens with one attached hydrogen (secondary N) is 1. The summed E-state index contributed by atoms with van der Waals surface area (Å²) in [7, 11) is 0. The van der Waals surface area contributed by atoms with Crippen LogP contribution in [0.4, 0.5) is 4.39 Å². The van der Waals surface area contributed by atoms with Gasteiger partial charge in [0, 0.05) is 38.2 Å². The third kappa shape index (κ3) is 4.90. The second-order valence-corrected chi connectivity index (χ2v) is 10.1. The van der Waals surface area contributed by atoms with Crippen molar-refractivity contribution in [2.24, 2.45) is 5.10 Å². The number of carbonyl (C=O) groups excluding carboxylic acids is 1. The van der Waals surface area contributed by atoms with Gasteiger partial charge >= 0.3 is 5.97 Å². The molecule has 1 amide bonds. The molecule has 2 aromatic heterocycles. The van der Waals surface area contributed by atoms with Crippen LogP contribution in [0.2, 0.25) is 10.0 Å². The number of thiophene rings is 1. The van der Waals surface area contributed by atoms with Gasteiger partial charge in [0.1, 0.15) is 0 Å². The van der Waals surface area contributed by atoms with Crippen LogP contribution in [-0.4, -0.2) is 38.9 Å². The zero-order chi connectivity index (χ0) is 26.3. The van der Waals surface area contributed by atoms with E-state index in [-0.39, 0.29) is 17.7 Å². The lowest BCUT2D eigenvalue weighted by Crippen LogP contribution is -2.35. The predicted octanol–water partition coefficient (Wildman–Crippen LogP) is 6.05. The van der Waals surface area contributed by atoms with Crippen molar-refractivity contribution >= 4 is 63.0 Å². The van der Waals surface area contributed by atoms with Crippen LogP contribution in [-0.2, 0) is 9.59 Å². The zero-order valence-corrected chi connectivity index (χ0v) is 21.3. The number of pyridine rings is 1. The minimum atomic E-state index is -2.30. The Morgan fingerprint density at radius 1 is 1.08 bits per heavy atom. The largest absolute Gasteiger partial charge is 0.481 e. The molecule has 0 saturated heterocycles. The SMILES string of the molecule is O=C(O)CC(F)C(=O)N1N=C(c2c(-c3ccc(Cl)cc3)c3cscc3[nH]c2=O)CC1c1ccc(Cl)cc1. The average Bonchev–Trinajstić information content (AvgIpc) is 3.50. The molecule has 0 aliphatic carbocycles. The lowest BCUT2D eigenvalue weighted by Gasteiger charge is -2.23. The summed E-state index contributed by atoms with van der Waals surface area (Å²) in [5.41, 5.74) is 2.70. The Hall–Kier alpha value is -3.53. The third-order valence-electron chi connectivity index (χ3n) is 6.09. The Bertz CT molecular complexity index is 1600. The smallest absolute Gasteiger partial charge is 0.306 e. The molecule has 1 aliphatic heterocycles. The molecule has 4 aromatic rings. The van der Waals surface area contributed by atoms with Gasteiger partial charge < -0.3 is 10.1 Å². The highest BCUT2D eigenvalue weighted by Gasteiger charge is 2.38. The topological polar surface area (TPSA) is 103 Å². The molecule has 0 spiro atoms. The van der Waals surface area contributed by atoms with Gasteiger partial charge in [0.15, 0.2) is 6.17 Å². The number of hydrogen-bond acceptors (Lipinski definition) is 5. The first-order chi connectivity index (χ1) is 17.7. The fourth-order valence-electron chi connectivity index (χ4n) is 4.41. The molecule has 1 aliphatic rings. The van der Waals surface area contributed by atoms with E-state index in [2.05, 4.69) is 10.1 Å². The summed E-state index contributed by atoms with van der Waals surface area (Å²) in [6.45, 7) is 0. The van der Waals surface area contributed by atoms with Crippen molar-refractivity contribution in [3.05, 3.63) is 90.8 Å². The van der Waals surface area contributed by atoms with Gasteiger partial charge in [0.05, 0.1) is 29.3 Å². The Balaban J connectivity index is 1.68. The van der Waals surface area contributed by atoms with Crippen LogP contribution < -0.4 is 5.56 Å². The number of carboxylic acids is 1. The van der Waals surface area contributed by atoms with E-state index in [1.54, 1.807) is 48.5 Å². The van der Waals surface area contributed by atoms with Gasteiger partial charge in [0.25, 0.3) is 11.5 Å². The zero-order valence-electron chi connectivity index (χ0n) is 19.0. The summed E-state index contributed by atoms with van der Waals surface area (Å²) in [6, 6.07) is 12.9. The Morgan fingerprint density at radius 3 is 2.38 bits per heavy atom. The molecule has 5 rings (SSSR count). The molecule has 0 saturated carbocycles. The number of H-pyrrole nitrogens is 1. The molecule has 37 heavy (non-hydrogen) atoms. The quantitative estimate of drug-likeness (QED) is 0.301. The highest BCUT2D eigenvalue weighted by atomic mass is 35.5. The summed E-state index contributed by atoms with van der Waals surface area (Å²) in [5, 5.41) is 19.9. The molecule has 188 valence electrons. The summed E-state index contributed by atoms with van der Waals surface area (Å²) >= 11 is 13.5.